The summed E-state index contributed by atoms with van der Waals surface area (Å²) in [5.41, 5.74) is 0. The van der Waals surface area contributed by atoms with E-state index < -0.39 is 6.10 Å². The lowest BCUT2D eigenvalue weighted by molar-refractivity contribution is -0.0121. The molecule has 2 unspecified atom stereocenters. The molecule has 5 heteroatoms. The molecule has 5 atom stereocenters. The van der Waals surface area contributed by atoms with Gasteiger partial charge in [0.05, 0.1) is 24.1 Å². The van der Waals surface area contributed by atoms with Gasteiger partial charge in [0.1, 0.15) is 7.85 Å². The van der Waals surface area contributed by atoms with Crippen LogP contribution in [-0.2, 0) is 9.47 Å². The number of rotatable bonds is 4. The van der Waals surface area contributed by atoms with Gasteiger partial charge in [-0.15, -0.1) is 11.8 Å². The highest BCUT2D eigenvalue weighted by atomic mass is 32.2. The minimum absolute atomic E-state index is 0.0554. The molecule has 0 aromatic carbocycles. The van der Waals surface area contributed by atoms with Gasteiger partial charge >= 0.3 is 0 Å². The topological polar surface area (TPSA) is 38.7 Å². The van der Waals surface area contributed by atoms with Gasteiger partial charge in [0.25, 0.3) is 0 Å². The van der Waals surface area contributed by atoms with E-state index >= 15 is 0 Å². The molecule has 0 aliphatic carbocycles. The van der Waals surface area contributed by atoms with E-state index in [9.17, 15) is 5.11 Å². The third-order valence-electron chi connectivity index (χ3n) is 2.63. The molecule has 0 bridgehead atoms. The van der Waals surface area contributed by atoms with Gasteiger partial charge in [0.15, 0.2) is 0 Å². The number of methoxy groups -OCH3 is 2. The van der Waals surface area contributed by atoms with Crippen LogP contribution in [0.2, 0.25) is 5.82 Å². The average molecular weight is 218 g/mol. The molecule has 1 saturated heterocycles. The molecule has 1 heterocycles. The van der Waals surface area contributed by atoms with E-state index in [0.717, 1.165) is 0 Å². The van der Waals surface area contributed by atoms with Crippen molar-refractivity contribution in [2.24, 2.45) is 0 Å². The van der Waals surface area contributed by atoms with Gasteiger partial charge in [-0.1, -0.05) is 12.7 Å². The smallest absolute Gasteiger partial charge is 0.106 e. The number of aliphatic hydroxyl groups is 1. The molecule has 82 valence electrons. The van der Waals surface area contributed by atoms with Crippen LogP contribution >= 0.6 is 11.8 Å². The van der Waals surface area contributed by atoms with E-state index in [1.54, 1.807) is 26.0 Å². The lowest BCUT2D eigenvalue weighted by atomic mass is 9.83. The monoisotopic (exact) mass is 218 g/mol. The van der Waals surface area contributed by atoms with Crippen molar-refractivity contribution in [2.75, 3.05) is 20.8 Å². The molecular formula is C9H19BO3S. The third-order valence-corrected chi connectivity index (χ3v) is 4.52. The largest absolute Gasteiger partial charge is 0.389 e. The summed E-state index contributed by atoms with van der Waals surface area (Å²) in [6.07, 6.45) is -0.461. The molecule has 1 fully saturated rings. The minimum atomic E-state index is -0.405. The normalized spacial score (nSPS) is 40.0. The van der Waals surface area contributed by atoms with Crippen LogP contribution in [0.1, 0.15) is 6.92 Å². The first-order chi connectivity index (χ1) is 6.61. The lowest BCUT2D eigenvalue weighted by Crippen LogP contribution is -2.36. The van der Waals surface area contributed by atoms with E-state index in [-0.39, 0.29) is 11.4 Å². The second-order valence-corrected chi connectivity index (χ2v) is 5.45. The van der Waals surface area contributed by atoms with Gasteiger partial charge < -0.3 is 14.6 Å². The summed E-state index contributed by atoms with van der Waals surface area (Å²) in [5.74, 6) is 0.515. The molecule has 3 nitrogen and oxygen atoms in total. The Morgan fingerprint density at radius 1 is 1.50 bits per heavy atom. The van der Waals surface area contributed by atoms with Crippen molar-refractivity contribution in [1.82, 2.24) is 0 Å². The predicted molar refractivity (Wildman–Crippen MR) is 61.8 cm³/mol. The van der Waals surface area contributed by atoms with Crippen molar-refractivity contribution in [2.45, 2.75) is 35.4 Å². The summed E-state index contributed by atoms with van der Waals surface area (Å²) in [5, 5.41) is 10.5. The predicted octanol–water partition coefficient (Wildman–Crippen LogP) is -0.0658. The highest BCUT2D eigenvalue weighted by molar-refractivity contribution is 8.01. The molecular weight excluding hydrogens is 199 g/mol. The van der Waals surface area contributed by atoms with Crippen LogP contribution < -0.4 is 0 Å². The Balaban J connectivity index is 2.63. The Morgan fingerprint density at radius 3 is 2.50 bits per heavy atom. The molecule has 0 aromatic rings. The number of hydrogen-bond acceptors (Lipinski definition) is 4. The maximum Gasteiger partial charge on any atom is 0.106 e. The molecule has 0 aromatic heterocycles. The Morgan fingerprint density at radius 2 is 2.14 bits per heavy atom. The van der Waals surface area contributed by atoms with E-state index in [4.69, 9.17) is 9.47 Å². The maximum atomic E-state index is 9.97. The van der Waals surface area contributed by atoms with Crippen molar-refractivity contribution in [3.05, 3.63) is 0 Å². The zero-order valence-corrected chi connectivity index (χ0v) is 10.1. The van der Waals surface area contributed by atoms with Crippen LogP contribution in [0.15, 0.2) is 0 Å². The fraction of sp³-hybridized carbons (Fsp3) is 1.00. The highest BCUT2D eigenvalue weighted by Crippen LogP contribution is 2.40. The third kappa shape index (κ3) is 2.45. The van der Waals surface area contributed by atoms with Gasteiger partial charge in [0.2, 0.25) is 0 Å². The van der Waals surface area contributed by atoms with Crippen molar-refractivity contribution in [3.63, 3.8) is 0 Å². The van der Waals surface area contributed by atoms with Crippen LogP contribution in [0, 0.1) is 0 Å². The summed E-state index contributed by atoms with van der Waals surface area (Å²) < 4.78 is 10.4. The summed E-state index contributed by atoms with van der Waals surface area (Å²) in [6.45, 7) is 2.75. The first-order valence-electron chi connectivity index (χ1n) is 4.97. The standard InChI is InChI=1S/C9H19BO3S/c1-5(10)9-8(13-3)7(11)6(14-9)4-12-2/h5-9,11H,4,10H2,1-3H3/t5-,6-,7+,8?,9?/m1/s1. The van der Waals surface area contributed by atoms with Gasteiger partial charge in [-0.05, 0) is 0 Å². The SMILES string of the molecule is B[C@H](C)C1S[C@H](COC)[C@H](O)C1OC. The zero-order valence-electron chi connectivity index (χ0n) is 9.27. The van der Waals surface area contributed by atoms with Gasteiger partial charge in [-0.2, -0.15) is 0 Å². The summed E-state index contributed by atoms with van der Waals surface area (Å²) in [7, 11) is 5.49. The molecule has 1 N–H and O–H groups in total. The van der Waals surface area contributed by atoms with E-state index in [2.05, 4.69) is 14.8 Å². The second kappa shape index (κ2) is 5.40. The number of ether oxygens (including phenoxy) is 2. The Kier molecular flexibility index (Phi) is 4.77. The van der Waals surface area contributed by atoms with Crippen molar-refractivity contribution >= 4 is 19.6 Å². The van der Waals surface area contributed by atoms with Crippen LogP contribution in [0.3, 0.4) is 0 Å². The fourth-order valence-electron chi connectivity index (χ4n) is 1.88. The lowest BCUT2D eigenvalue weighted by Gasteiger charge is -2.22. The second-order valence-electron chi connectivity index (χ2n) is 4.03. The molecule has 0 spiro atoms. The van der Waals surface area contributed by atoms with Crippen LogP contribution in [0.4, 0.5) is 0 Å². The highest BCUT2D eigenvalue weighted by Gasteiger charge is 2.44. The summed E-state index contributed by atoms with van der Waals surface area (Å²) >= 11 is 1.78. The Hall–Kier alpha value is 0.295. The molecule has 1 aliphatic heterocycles. The van der Waals surface area contributed by atoms with Gasteiger partial charge in [-0.3, -0.25) is 0 Å². The molecule has 14 heavy (non-hydrogen) atoms. The Bertz CT molecular complexity index is 179. The molecule has 1 rings (SSSR count). The van der Waals surface area contributed by atoms with Gasteiger partial charge in [-0.25, -0.2) is 0 Å². The quantitative estimate of drug-likeness (QED) is 0.670. The van der Waals surface area contributed by atoms with Crippen molar-refractivity contribution < 1.29 is 14.6 Å². The van der Waals surface area contributed by atoms with E-state index in [1.165, 1.54) is 0 Å². The first kappa shape index (κ1) is 12.4. The average Bonchev–Trinajstić information content (AvgIpc) is 2.44. The minimum Gasteiger partial charge on any atom is -0.389 e. The first-order valence-corrected chi connectivity index (χ1v) is 5.91. The summed E-state index contributed by atoms with van der Waals surface area (Å²) in [6, 6.07) is 0. The number of aliphatic hydroxyl groups excluding tert-OH is 1. The maximum absolute atomic E-state index is 9.97. The van der Waals surface area contributed by atoms with E-state index in [1.807, 2.05) is 0 Å². The Labute approximate surface area is 90.9 Å². The van der Waals surface area contributed by atoms with E-state index in [0.29, 0.717) is 17.7 Å². The van der Waals surface area contributed by atoms with Crippen LogP contribution in [0.25, 0.3) is 0 Å². The van der Waals surface area contributed by atoms with Gasteiger partial charge in [0, 0.05) is 19.5 Å². The van der Waals surface area contributed by atoms with Crippen molar-refractivity contribution in [1.29, 1.82) is 0 Å². The summed E-state index contributed by atoms with van der Waals surface area (Å²) in [4.78, 5) is 0. The molecule has 0 saturated carbocycles. The van der Waals surface area contributed by atoms with Crippen molar-refractivity contribution in [3.8, 4) is 0 Å². The fourth-order valence-corrected chi connectivity index (χ4v) is 3.55. The molecule has 0 radical (unpaired) electrons. The number of hydrogen-bond donors (Lipinski definition) is 1. The van der Waals surface area contributed by atoms with Crippen LogP contribution in [-0.4, -0.2) is 56.5 Å². The van der Waals surface area contributed by atoms with Crippen LogP contribution in [0.5, 0.6) is 0 Å². The molecule has 0 amide bonds. The molecule has 1 aliphatic rings. The number of thioether (sulfide) groups is 1. The zero-order chi connectivity index (χ0) is 10.7.